The molecule has 0 heterocycles. The second kappa shape index (κ2) is 8.66. The third-order valence-electron chi connectivity index (χ3n) is 5.39. The third-order valence-corrected chi connectivity index (χ3v) is 9.57. The smallest absolute Gasteiger partial charge is 0.242 e. The first-order chi connectivity index (χ1) is 14.1. The zero-order valence-electron chi connectivity index (χ0n) is 16.4. The zero-order chi connectivity index (χ0) is 22.0. The van der Waals surface area contributed by atoms with Crippen molar-refractivity contribution < 1.29 is 21.6 Å². The number of amides is 1. The van der Waals surface area contributed by atoms with Crippen LogP contribution in [-0.4, -0.2) is 34.5 Å². The number of sulfone groups is 1. The summed E-state index contributed by atoms with van der Waals surface area (Å²) in [5.74, 6) is -0.572. The molecule has 0 bridgehead atoms. The Morgan fingerprint density at radius 3 is 2.23 bits per heavy atom. The van der Waals surface area contributed by atoms with E-state index >= 15 is 0 Å². The molecule has 0 radical (unpaired) electrons. The van der Waals surface area contributed by atoms with Crippen LogP contribution in [-0.2, 0) is 31.2 Å². The molecule has 2 aromatic rings. The number of rotatable bonds is 7. The molecular weight excluding hydrogens is 448 g/mol. The van der Waals surface area contributed by atoms with E-state index in [4.69, 9.17) is 11.6 Å². The Hall–Kier alpha value is -1.94. The summed E-state index contributed by atoms with van der Waals surface area (Å²) in [4.78, 5) is 13.3. The van der Waals surface area contributed by atoms with Gasteiger partial charge in [-0.3, -0.25) is 4.79 Å². The van der Waals surface area contributed by atoms with Crippen molar-refractivity contribution in [3.05, 3.63) is 59.1 Å². The maximum Gasteiger partial charge on any atom is 0.242 e. The molecule has 1 aliphatic rings. The van der Waals surface area contributed by atoms with Gasteiger partial charge in [-0.25, -0.2) is 21.6 Å². The van der Waals surface area contributed by atoms with Gasteiger partial charge in [0.05, 0.1) is 9.79 Å². The summed E-state index contributed by atoms with van der Waals surface area (Å²) in [7, 11) is -6.24. The van der Waals surface area contributed by atoms with E-state index in [1.54, 1.807) is 12.1 Å². The van der Waals surface area contributed by atoms with Crippen LogP contribution in [0.25, 0.3) is 0 Å². The van der Waals surface area contributed by atoms with Crippen LogP contribution in [0.3, 0.4) is 0 Å². The lowest BCUT2D eigenvalue weighted by Gasteiger charge is -2.27. The molecular formula is C20H23ClN2O5S2. The first kappa shape index (κ1) is 22.7. The molecule has 1 fully saturated rings. The minimum absolute atomic E-state index is 0.0177. The monoisotopic (exact) mass is 470 g/mol. The fraction of sp³-hybridized carbons (Fsp3) is 0.350. The van der Waals surface area contributed by atoms with E-state index in [1.807, 2.05) is 0 Å². The molecule has 162 valence electrons. The number of hydrogen-bond donors (Lipinski definition) is 2. The third kappa shape index (κ3) is 4.25. The summed E-state index contributed by atoms with van der Waals surface area (Å²) in [5.41, 5.74) is 0.553. The van der Waals surface area contributed by atoms with Gasteiger partial charge in [-0.05, 0) is 61.9 Å². The molecule has 2 aromatic carbocycles. The topological polar surface area (TPSA) is 109 Å². The van der Waals surface area contributed by atoms with Crippen LogP contribution >= 0.6 is 11.6 Å². The number of benzene rings is 2. The molecule has 0 atom stereocenters. The maximum absolute atomic E-state index is 13.4. The quantitative estimate of drug-likeness (QED) is 0.646. The van der Waals surface area contributed by atoms with Crippen molar-refractivity contribution in [2.24, 2.45) is 0 Å². The van der Waals surface area contributed by atoms with Gasteiger partial charge in [0.15, 0.2) is 14.6 Å². The first-order valence-corrected chi connectivity index (χ1v) is 12.8. The summed E-state index contributed by atoms with van der Waals surface area (Å²) < 4.78 is 51.4. The van der Waals surface area contributed by atoms with Gasteiger partial charge in [-0.2, -0.15) is 0 Å². The number of halogens is 1. The van der Waals surface area contributed by atoms with Crippen molar-refractivity contribution in [2.75, 3.05) is 7.05 Å². The van der Waals surface area contributed by atoms with Crippen LogP contribution in [0.2, 0.25) is 5.02 Å². The zero-order valence-corrected chi connectivity index (χ0v) is 18.8. The van der Waals surface area contributed by atoms with E-state index < -0.39 is 30.5 Å². The second-order valence-electron chi connectivity index (χ2n) is 7.20. The van der Waals surface area contributed by atoms with Gasteiger partial charge in [0.25, 0.3) is 0 Å². The highest BCUT2D eigenvalue weighted by atomic mass is 35.5. The fourth-order valence-corrected chi connectivity index (χ4v) is 6.70. The van der Waals surface area contributed by atoms with E-state index in [0.717, 1.165) is 0 Å². The molecule has 0 spiro atoms. The van der Waals surface area contributed by atoms with Gasteiger partial charge in [0, 0.05) is 11.6 Å². The Morgan fingerprint density at radius 1 is 1.00 bits per heavy atom. The average molecular weight is 471 g/mol. The highest BCUT2D eigenvalue weighted by Crippen LogP contribution is 2.41. The van der Waals surface area contributed by atoms with Gasteiger partial charge < -0.3 is 5.32 Å². The Labute approximate surface area is 181 Å². The summed E-state index contributed by atoms with van der Waals surface area (Å²) in [6.45, 7) is 0.0177. The largest absolute Gasteiger partial charge is 0.351 e. The SMILES string of the molecule is CNS(=O)(=O)c1cccc(CNC(=O)C2(S(=O)(=O)c3ccc(Cl)cc3)CCCC2)c1. The first-order valence-electron chi connectivity index (χ1n) is 9.43. The Balaban J connectivity index is 1.85. The van der Waals surface area contributed by atoms with Crippen molar-refractivity contribution in [3.8, 4) is 0 Å². The lowest BCUT2D eigenvalue weighted by atomic mass is 10.1. The molecule has 7 nitrogen and oxygen atoms in total. The summed E-state index contributed by atoms with van der Waals surface area (Å²) in [6.07, 6.45) is 1.74. The van der Waals surface area contributed by atoms with E-state index in [2.05, 4.69) is 10.0 Å². The molecule has 1 amide bonds. The van der Waals surface area contributed by atoms with Crippen LogP contribution < -0.4 is 10.0 Å². The molecule has 1 aliphatic carbocycles. The van der Waals surface area contributed by atoms with Gasteiger partial charge >= 0.3 is 0 Å². The van der Waals surface area contributed by atoms with E-state index in [9.17, 15) is 21.6 Å². The standard InChI is InChI=1S/C20H23ClN2O5S2/c1-22-30(27,28)18-6-4-5-15(13-18)14-23-19(24)20(11-2-3-12-20)29(25,26)17-9-7-16(21)8-10-17/h4-10,13,22H,2-3,11-12,14H2,1H3,(H,23,24). The number of nitrogens with one attached hydrogen (secondary N) is 2. The molecule has 2 N–H and O–H groups in total. The van der Waals surface area contributed by atoms with E-state index in [0.29, 0.717) is 23.4 Å². The lowest BCUT2D eigenvalue weighted by molar-refractivity contribution is -0.123. The second-order valence-corrected chi connectivity index (χ2v) is 11.8. The predicted molar refractivity (Wildman–Crippen MR) is 114 cm³/mol. The van der Waals surface area contributed by atoms with Crippen LogP contribution in [0.4, 0.5) is 0 Å². The average Bonchev–Trinajstić information content (AvgIpc) is 3.24. The summed E-state index contributed by atoms with van der Waals surface area (Å²) in [6, 6.07) is 11.9. The van der Waals surface area contributed by atoms with Crippen LogP contribution in [0.15, 0.2) is 58.3 Å². The Kier molecular flexibility index (Phi) is 6.57. The molecule has 0 saturated heterocycles. The predicted octanol–water partition coefficient (Wildman–Crippen LogP) is 2.65. The minimum atomic E-state index is -3.93. The lowest BCUT2D eigenvalue weighted by Crippen LogP contribution is -2.50. The van der Waals surface area contributed by atoms with Crippen molar-refractivity contribution in [2.45, 2.75) is 46.8 Å². The van der Waals surface area contributed by atoms with E-state index in [-0.39, 0.29) is 29.2 Å². The molecule has 0 aliphatic heterocycles. The highest BCUT2D eigenvalue weighted by Gasteiger charge is 2.52. The fourth-order valence-electron chi connectivity index (χ4n) is 3.69. The van der Waals surface area contributed by atoms with E-state index in [1.165, 1.54) is 43.4 Å². The minimum Gasteiger partial charge on any atom is -0.351 e. The molecule has 3 rings (SSSR count). The number of hydrogen-bond acceptors (Lipinski definition) is 5. The summed E-state index contributed by atoms with van der Waals surface area (Å²) >= 11 is 5.87. The van der Waals surface area contributed by atoms with Crippen LogP contribution in [0.5, 0.6) is 0 Å². The summed E-state index contributed by atoms with van der Waals surface area (Å²) in [5, 5.41) is 3.12. The van der Waals surface area contributed by atoms with Gasteiger partial charge in [0.1, 0.15) is 0 Å². The normalized spacial score (nSPS) is 16.3. The molecule has 10 heteroatoms. The molecule has 0 unspecified atom stereocenters. The highest BCUT2D eigenvalue weighted by molar-refractivity contribution is 7.93. The Morgan fingerprint density at radius 2 is 1.63 bits per heavy atom. The van der Waals surface area contributed by atoms with Crippen LogP contribution in [0, 0.1) is 0 Å². The van der Waals surface area contributed by atoms with Crippen molar-refractivity contribution >= 4 is 37.4 Å². The molecule has 1 saturated carbocycles. The number of carbonyl (C=O) groups is 1. The molecule has 30 heavy (non-hydrogen) atoms. The maximum atomic E-state index is 13.4. The number of carbonyl (C=O) groups excluding carboxylic acids is 1. The van der Waals surface area contributed by atoms with Gasteiger partial charge in [-0.15, -0.1) is 0 Å². The van der Waals surface area contributed by atoms with Gasteiger partial charge in [-0.1, -0.05) is 36.6 Å². The van der Waals surface area contributed by atoms with Crippen molar-refractivity contribution in [1.82, 2.24) is 10.0 Å². The van der Waals surface area contributed by atoms with Crippen LogP contribution in [0.1, 0.15) is 31.2 Å². The Bertz CT molecular complexity index is 1140. The number of sulfonamides is 1. The van der Waals surface area contributed by atoms with Gasteiger partial charge in [0.2, 0.25) is 15.9 Å². The molecule has 0 aromatic heterocycles. The van der Waals surface area contributed by atoms with Crippen molar-refractivity contribution in [1.29, 1.82) is 0 Å². The van der Waals surface area contributed by atoms with Crippen molar-refractivity contribution in [3.63, 3.8) is 0 Å².